The average molecular weight is 387 g/mol. The molecule has 0 aliphatic rings. The molecule has 0 saturated carbocycles. The number of likely N-dealkylation sites (N-methyl/N-ethyl adjacent to an activating group) is 1. The van der Waals surface area contributed by atoms with Gasteiger partial charge in [-0.1, -0.05) is 59.1 Å². The topological polar surface area (TPSA) is 49.4 Å². The van der Waals surface area contributed by atoms with E-state index in [9.17, 15) is 9.59 Å². The summed E-state index contributed by atoms with van der Waals surface area (Å²) in [7, 11) is 0. The normalized spacial score (nSPS) is 11.7. The van der Waals surface area contributed by atoms with Gasteiger partial charge in [0.15, 0.2) is 0 Å². The Labute approximate surface area is 166 Å². The van der Waals surface area contributed by atoms with Crippen LogP contribution in [0.5, 0.6) is 0 Å². The van der Waals surface area contributed by atoms with E-state index in [4.69, 9.17) is 11.6 Å². The molecule has 0 aliphatic carbocycles. The molecule has 0 saturated heterocycles. The first-order valence-electron chi connectivity index (χ1n) is 9.19. The molecule has 2 amide bonds. The van der Waals surface area contributed by atoms with Gasteiger partial charge in [-0.3, -0.25) is 9.59 Å². The zero-order valence-electron chi connectivity index (χ0n) is 16.4. The van der Waals surface area contributed by atoms with Crippen LogP contribution in [0.4, 0.5) is 0 Å². The summed E-state index contributed by atoms with van der Waals surface area (Å²) in [6, 6.07) is 12.9. The van der Waals surface area contributed by atoms with Crippen LogP contribution in [0.1, 0.15) is 36.1 Å². The van der Waals surface area contributed by atoms with Crippen LogP contribution in [0.2, 0.25) is 5.02 Å². The number of hydrogen-bond donors (Lipinski definition) is 1. The fourth-order valence-corrected chi connectivity index (χ4v) is 3.36. The molecule has 0 radical (unpaired) electrons. The second kappa shape index (κ2) is 9.56. The van der Waals surface area contributed by atoms with Gasteiger partial charge in [-0.15, -0.1) is 0 Å². The largest absolute Gasteiger partial charge is 0.355 e. The number of aryl methyl sites for hydroxylation is 2. The van der Waals surface area contributed by atoms with E-state index in [1.165, 1.54) is 0 Å². The van der Waals surface area contributed by atoms with Crippen molar-refractivity contribution in [1.29, 1.82) is 0 Å². The third kappa shape index (κ3) is 5.83. The Morgan fingerprint density at radius 1 is 1.11 bits per heavy atom. The number of hydrogen-bond acceptors (Lipinski definition) is 2. The molecule has 0 aromatic heterocycles. The number of amides is 2. The Balaban J connectivity index is 2.28. The summed E-state index contributed by atoms with van der Waals surface area (Å²) in [5.74, 6) is -0.267. The fourth-order valence-electron chi connectivity index (χ4n) is 3.16. The minimum atomic E-state index is -0.584. The number of carbonyl (C=O) groups excluding carboxylic acids is 2. The van der Waals surface area contributed by atoms with E-state index < -0.39 is 6.04 Å². The second-order valence-electron chi connectivity index (χ2n) is 6.86. The van der Waals surface area contributed by atoms with Crippen molar-refractivity contribution in [1.82, 2.24) is 10.2 Å². The molecule has 2 aromatic rings. The molecular weight excluding hydrogens is 360 g/mol. The zero-order valence-corrected chi connectivity index (χ0v) is 17.1. The monoisotopic (exact) mass is 386 g/mol. The van der Waals surface area contributed by atoms with E-state index in [-0.39, 0.29) is 18.2 Å². The minimum absolute atomic E-state index is 0.0985. The maximum absolute atomic E-state index is 13.1. The lowest BCUT2D eigenvalue weighted by Gasteiger charge is -2.29. The van der Waals surface area contributed by atoms with E-state index in [0.717, 1.165) is 22.3 Å². The first-order valence-corrected chi connectivity index (χ1v) is 9.57. The highest BCUT2D eigenvalue weighted by Crippen LogP contribution is 2.20. The highest BCUT2D eigenvalue weighted by molar-refractivity contribution is 6.31. The zero-order chi connectivity index (χ0) is 20.0. The van der Waals surface area contributed by atoms with Crippen molar-refractivity contribution in [3.8, 4) is 0 Å². The van der Waals surface area contributed by atoms with Gasteiger partial charge < -0.3 is 10.2 Å². The summed E-state index contributed by atoms with van der Waals surface area (Å²) in [5.41, 5.74) is 4.01. The van der Waals surface area contributed by atoms with Gasteiger partial charge in [-0.2, -0.15) is 0 Å². The number of carbonyl (C=O) groups is 2. The van der Waals surface area contributed by atoms with Gasteiger partial charge in [0.2, 0.25) is 11.8 Å². The van der Waals surface area contributed by atoms with E-state index in [0.29, 0.717) is 18.1 Å². The Morgan fingerprint density at radius 3 is 2.33 bits per heavy atom. The predicted molar refractivity (Wildman–Crippen MR) is 110 cm³/mol. The van der Waals surface area contributed by atoms with Gasteiger partial charge in [-0.25, -0.2) is 0 Å². The number of rotatable bonds is 7. The summed E-state index contributed by atoms with van der Waals surface area (Å²) in [6.07, 6.45) is 0.247. The number of benzene rings is 2. The summed E-state index contributed by atoms with van der Waals surface area (Å²) >= 11 is 6.28. The molecule has 4 nitrogen and oxygen atoms in total. The molecule has 5 heteroatoms. The Hall–Kier alpha value is -2.33. The van der Waals surface area contributed by atoms with Crippen LogP contribution in [-0.2, 0) is 22.6 Å². The molecule has 0 unspecified atom stereocenters. The first-order chi connectivity index (χ1) is 12.8. The molecule has 0 bridgehead atoms. The number of nitrogens with one attached hydrogen (secondary N) is 1. The standard InChI is InChI=1S/C22H27ClN2O2/c1-5-24-22(27)17(4)25(14-19-8-6-7-9-20(19)23)21(26)13-18-11-15(2)10-16(3)12-18/h6-12,17H,5,13-14H2,1-4H3,(H,24,27)/t17-/m1/s1. The first kappa shape index (κ1) is 21.0. The van der Waals surface area contributed by atoms with Crippen LogP contribution < -0.4 is 5.32 Å². The molecule has 0 heterocycles. The lowest BCUT2D eigenvalue weighted by atomic mass is 10.0. The molecule has 0 aliphatic heterocycles. The Kier molecular flexibility index (Phi) is 7.43. The third-order valence-electron chi connectivity index (χ3n) is 4.45. The van der Waals surface area contributed by atoms with Crippen molar-refractivity contribution in [3.63, 3.8) is 0 Å². The van der Waals surface area contributed by atoms with Crippen LogP contribution in [0, 0.1) is 13.8 Å². The predicted octanol–water partition coefficient (Wildman–Crippen LogP) is 4.05. The summed E-state index contributed by atoms with van der Waals surface area (Å²) < 4.78 is 0. The SMILES string of the molecule is CCNC(=O)[C@@H](C)N(Cc1ccccc1Cl)C(=O)Cc1cc(C)cc(C)c1. The van der Waals surface area contributed by atoms with Gasteiger partial charge in [0.05, 0.1) is 6.42 Å². The van der Waals surface area contributed by atoms with Gasteiger partial charge in [0, 0.05) is 18.1 Å². The van der Waals surface area contributed by atoms with Crippen LogP contribution in [-0.4, -0.2) is 29.3 Å². The Bertz CT molecular complexity index is 799. The van der Waals surface area contributed by atoms with E-state index in [1.54, 1.807) is 17.9 Å². The van der Waals surface area contributed by atoms with E-state index in [1.807, 2.05) is 51.1 Å². The molecule has 27 heavy (non-hydrogen) atoms. The van der Waals surface area contributed by atoms with Gasteiger partial charge in [0.1, 0.15) is 6.04 Å². The summed E-state index contributed by atoms with van der Waals surface area (Å²) in [4.78, 5) is 27.1. The number of nitrogens with zero attached hydrogens (tertiary/aromatic N) is 1. The minimum Gasteiger partial charge on any atom is -0.355 e. The lowest BCUT2D eigenvalue weighted by molar-refractivity contribution is -0.140. The molecule has 2 aromatic carbocycles. The van der Waals surface area contributed by atoms with Gasteiger partial charge >= 0.3 is 0 Å². The quantitative estimate of drug-likeness (QED) is 0.780. The molecule has 1 N–H and O–H groups in total. The van der Waals surface area contributed by atoms with Crippen molar-refractivity contribution in [2.45, 2.75) is 46.7 Å². The van der Waals surface area contributed by atoms with Crippen molar-refractivity contribution in [2.24, 2.45) is 0 Å². The highest BCUT2D eigenvalue weighted by atomic mass is 35.5. The molecule has 0 fully saturated rings. The Morgan fingerprint density at radius 2 is 1.74 bits per heavy atom. The third-order valence-corrected chi connectivity index (χ3v) is 4.82. The lowest BCUT2D eigenvalue weighted by Crippen LogP contribution is -2.48. The summed E-state index contributed by atoms with van der Waals surface area (Å²) in [5, 5.41) is 3.39. The van der Waals surface area contributed by atoms with E-state index >= 15 is 0 Å². The molecule has 2 rings (SSSR count). The maximum atomic E-state index is 13.1. The van der Waals surface area contributed by atoms with Crippen molar-refractivity contribution in [3.05, 3.63) is 69.7 Å². The van der Waals surface area contributed by atoms with Crippen LogP contribution in [0.15, 0.2) is 42.5 Å². The van der Waals surface area contributed by atoms with E-state index in [2.05, 4.69) is 11.4 Å². The van der Waals surface area contributed by atoms with Gasteiger partial charge in [-0.05, 0) is 44.9 Å². The smallest absolute Gasteiger partial charge is 0.242 e. The second-order valence-corrected chi connectivity index (χ2v) is 7.26. The molecular formula is C22H27ClN2O2. The van der Waals surface area contributed by atoms with Crippen LogP contribution in [0.25, 0.3) is 0 Å². The van der Waals surface area contributed by atoms with Crippen LogP contribution >= 0.6 is 11.6 Å². The van der Waals surface area contributed by atoms with Crippen molar-refractivity contribution < 1.29 is 9.59 Å². The maximum Gasteiger partial charge on any atom is 0.242 e. The molecule has 144 valence electrons. The van der Waals surface area contributed by atoms with Gasteiger partial charge in [0.25, 0.3) is 0 Å². The number of halogens is 1. The molecule has 1 atom stereocenters. The summed E-state index contributed by atoms with van der Waals surface area (Å²) in [6.45, 7) is 8.46. The van der Waals surface area contributed by atoms with Crippen molar-refractivity contribution in [2.75, 3.05) is 6.54 Å². The highest BCUT2D eigenvalue weighted by Gasteiger charge is 2.26. The van der Waals surface area contributed by atoms with Crippen LogP contribution in [0.3, 0.4) is 0 Å². The molecule has 0 spiro atoms. The van der Waals surface area contributed by atoms with Crippen molar-refractivity contribution >= 4 is 23.4 Å². The fraction of sp³-hybridized carbons (Fsp3) is 0.364. The average Bonchev–Trinajstić information content (AvgIpc) is 2.59.